The molecule has 0 bridgehead atoms. The van der Waals surface area contributed by atoms with Crippen molar-refractivity contribution < 1.29 is 0 Å². The summed E-state index contributed by atoms with van der Waals surface area (Å²) in [5.41, 5.74) is 9.12. The van der Waals surface area contributed by atoms with Gasteiger partial charge in [0.15, 0.2) is 0 Å². The van der Waals surface area contributed by atoms with Crippen LogP contribution in [0.5, 0.6) is 0 Å². The molecule has 8 rings (SSSR count). The fourth-order valence-corrected chi connectivity index (χ4v) is 8.31. The molecular formula is C36H21N7S3. The van der Waals surface area contributed by atoms with Crippen LogP contribution in [0.3, 0.4) is 0 Å². The Kier molecular flexibility index (Phi) is 6.77. The average molecular weight is 648 g/mol. The van der Waals surface area contributed by atoms with Crippen LogP contribution < -0.4 is 4.90 Å². The normalized spacial score (nSPS) is 11.2. The predicted octanol–water partition coefficient (Wildman–Crippen LogP) is 10.2. The van der Waals surface area contributed by atoms with Crippen LogP contribution in [0.4, 0.5) is 16.4 Å². The highest BCUT2D eigenvalue weighted by Crippen LogP contribution is 2.51. The Balaban J connectivity index is 1.42. The molecule has 10 heteroatoms. The van der Waals surface area contributed by atoms with Gasteiger partial charge in [-0.2, -0.15) is 28.0 Å². The van der Waals surface area contributed by atoms with Gasteiger partial charge in [0.1, 0.15) is 44.8 Å². The Morgan fingerprint density at radius 3 is 1.83 bits per heavy atom. The first-order chi connectivity index (χ1) is 22.5. The molecule has 218 valence electrons. The van der Waals surface area contributed by atoms with Gasteiger partial charge < -0.3 is 4.90 Å². The van der Waals surface area contributed by atoms with Crippen LogP contribution in [-0.2, 0) is 0 Å². The Labute approximate surface area is 276 Å². The molecule has 0 spiro atoms. The third kappa shape index (κ3) is 4.51. The maximum atomic E-state index is 9.42. The molecule has 0 N–H and O–H groups in total. The van der Waals surface area contributed by atoms with Crippen molar-refractivity contribution in [3.63, 3.8) is 0 Å². The second-order valence-corrected chi connectivity index (χ2v) is 13.0. The summed E-state index contributed by atoms with van der Waals surface area (Å²) in [4.78, 5) is 3.42. The number of nitrogens with zero attached hydrogens (tertiary/aromatic N) is 7. The van der Waals surface area contributed by atoms with E-state index in [2.05, 4.69) is 106 Å². The fourth-order valence-electron chi connectivity index (χ4n) is 5.82. The molecule has 0 amide bonds. The lowest BCUT2D eigenvalue weighted by Gasteiger charge is -2.24. The van der Waals surface area contributed by atoms with Gasteiger partial charge in [0.2, 0.25) is 0 Å². The van der Waals surface area contributed by atoms with Crippen molar-refractivity contribution in [2.24, 2.45) is 0 Å². The Bertz CT molecular complexity index is 2520. The van der Waals surface area contributed by atoms with Gasteiger partial charge in [0.25, 0.3) is 0 Å². The molecule has 3 heterocycles. The molecule has 0 aliphatic rings. The molecule has 0 aliphatic heterocycles. The van der Waals surface area contributed by atoms with E-state index in [1.165, 1.54) is 22.9 Å². The number of benzene rings is 5. The monoisotopic (exact) mass is 647 g/mol. The van der Waals surface area contributed by atoms with Crippen molar-refractivity contribution >= 4 is 101 Å². The Hall–Kier alpha value is -5.52. The molecule has 5 aromatic carbocycles. The van der Waals surface area contributed by atoms with E-state index in [0.29, 0.717) is 16.6 Å². The Morgan fingerprint density at radius 1 is 0.652 bits per heavy atom. The van der Waals surface area contributed by atoms with E-state index in [1.54, 1.807) is 17.4 Å². The van der Waals surface area contributed by atoms with Crippen molar-refractivity contribution in [1.82, 2.24) is 17.5 Å². The van der Waals surface area contributed by atoms with E-state index in [-0.39, 0.29) is 5.57 Å². The third-order valence-corrected chi connectivity index (χ3v) is 10.4. The van der Waals surface area contributed by atoms with Gasteiger partial charge >= 0.3 is 0 Å². The summed E-state index contributed by atoms with van der Waals surface area (Å²) in [7, 11) is 0. The highest BCUT2D eigenvalue weighted by atomic mass is 32.1. The summed E-state index contributed by atoms with van der Waals surface area (Å²) in [5, 5.41) is 24.0. The van der Waals surface area contributed by atoms with E-state index in [1.807, 2.05) is 18.2 Å². The first-order valence-corrected chi connectivity index (χ1v) is 16.6. The zero-order chi connectivity index (χ0) is 31.4. The van der Waals surface area contributed by atoms with Crippen LogP contribution in [0.15, 0.2) is 90.5 Å². The zero-order valence-electron chi connectivity index (χ0n) is 24.5. The number of fused-ring (bicyclic) bond motifs is 6. The molecular weight excluding hydrogens is 627 g/mol. The minimum absolute atomic E-state index is 0.00205. The minimum Gasteiger partial charge on any atom is -0.301 e. The Morgan fingerprint density at radius 2 is 1.20 bits per heavy atom. The quantitative estimate of drug-likeness (QED) is 0.171. The molecule has 7 nitrogen and oxygen atoms in total. The van der Waals surface area contributed by atoms with Crippen LogP contribution in [0.1, 0.15) is 16.7 Å². The van der Waals surface area contributed by atoms with Crippen molar-refractivity contribution in [3.05, 3.63) is 107 Å². The predicted molar refractivity (Wildman–Crippen MR) is 190 cm³/mol. The maximum Gasteiger partial charge on any atom is 0.130 e. The molecule has 0 saturated carbocycles. The number of anilines is 3. The second kappa shape index (κ2) is 11.1. The van der Waals surface area contributed by atoms with Gasteiger partial charge in [0.05, 0.1) is 23.5 Å². The van der Waals surface area contributed by atoms with E-state index in [0.717, 1.165) is 71.1 Å². The molecule has 46 heavy (non-hydrogen) atoms. The standard InChI is InChI=1S/C36H21N7S3/c1-20-7-11-24(12-8-20)43(25-13-9-21(2)10-14-25)36-27-6-4-3-5-26(27)35(44-36)30-17-29-28(33-34(30)42-46-41-33)16-23(15-22(18-37)19-38)31-32(29)40-45-39-31/h3-17H,1-2H3. The number of aromatic nitrogens is 4. The summed E-state index contributed by atoms with van der Waals surface area (Å²) in [6.45, 7) is 4.21. The summed E-state index contributed by atoms with van der Waals surface area (Å²) >= 11 is 4.01. The fraction of sp³-hybridized carbons (Fsp3) is 0.0556. The second-order valence-electron chi connectivity index (χ2n) is 11.0. The molecule has 8 aromatic rings. The largest absolute Gasteiger partial charge is 0.301 e. The number of hydrogen-bond acceptors (Lipinski definition) is 10. The highest BCUT2D eigenvalue weighted by Gasteiger charge is 2.24. The smallest absolute Gasteiger partial charge is 0.130 e. The molecule has 0 fully saturated rings. The van der Waals surface area contributed by atoms with Crippen LogP contribution in [0.25, 0.3) is 60.1 Å². The SMILES string of the molecule is Cc1ccc(N(c2ccc(C)cc2)c2sc(-c3cc4c(cc(C=C(C#N)C#N)c5nsnc54)c4nsnc34)c3ccccc23)cc1. The molecule has 3 aromatic heterocycles. The minimum atomic E-state index is 0.00205. The van der Waals surface area contributed by atoms with Crippen molar-refractivity contribution in [1.29, 1.82) is 10.5 Å². The van der Waals surface area contributed by atoms with Crippen molar-refractivity contribution in [2.45, 2.75) is 13.8 Å². The van der Waals surface area contributed by atoms with Crippen LogP contribution in [0, 0.1) is 36.5 Å². The van der Waals surface area contributed by atoms with Crippen LogP contribution in [-0.4, -0.2) is 17.5 Å². The average Bonchev–Trinajstić information content (AvgIpc) is 3.85. The van der Waals surface area contributed by atoms with Crippen LogP contribution >= 0.6 is 34.8 Å². The number of rotatable bonds is 5. The number of hydrogen-bond donors (Lipinski definition) is 0. The molecule has 0 saturated heterocycles. The number of aryl methyl sites for hydroxylation is 2. The molecule has 0 aliphatic carbocycles. The lowest BCUT2D eigenvalue weighted by Crippen LogP contribution is -2.08. The third-order valence-electron chi connectivity index (χ3n) is 8.07. The lowest BCUT2D eigenvalue weighted by molar-refractivity contribution is 1.30. The number of thiophene rings is 1. The number of allylic oxidation sites excluding steroid dienone is 1. The van der Waals surface area contributed by atoms with E-state index in [4.69, 9.17) is 8.75 Å². The molecule has 0 radical (unpaired) electrons. The number of nitriles is 2. The topological polar surface area (TPSA) is 102 Å². The first kappa shape index (κ1) is 28.0. The summed E-state index contributed by atoms with van der Waals surface area (Å²) < 4.78 is 18.8. The summed E-state index contributed by atoms with van der Waals surface area (Å²) in [6, 6.07) is 33.8. The van der Waals surface area contributed by atoms with Gasteiger partial charge in [-0.1, -0.05) is 59.7 Å². The first-order valence-electron chi connectivity index (χ1n) is 14.4. The van der Waals surface area contributed by atoms with E-state index in [9.17, 15) is 10.5 Å². The van der Waals surface area contributed by atoms with Crippen molar-refractivity contribution in [3.8, 4) is 22.6 Å². The molecule has 0 atom stereocenters. The molecule has 0 unspecified atom stereocenters. The van der Waals surface area contributed by atoms with E-state index < -0.39 is 0 Å². The lowest BCUT2D eigenvalue weighted by atomic mass is 9.97. The van der Waals surface area contributed by atoms with Gasteiger partial charge in [-0.15, -0.1) is 11.3 Å². The summed E-state index contributed by atoms with van der Waals surface area (Å²) in [6.07, 6.45) is 1.56. The van der Waals surface area contributed by atoms with Gasteiger partial charge in [-0.05, 0) is 56.3 Å². The van der Waals surface area contributed by atoms with Gasteiger partial charge in [0, 0.05) is 48.9 Å². The van der Waals surface area contributed by atoms with Gasteiger partial charge in [-0.3, -0.25) is 0 Å². The highest BCUT2D eigenvalue weighted by molar-refractivity contribution is 7.22. The van der Waals surface area contributed by atoms with Gasteiger partial charge in [-0.25, -0.2) is 0 Å². The maximum absolute atomic E-state index is 9.42. The zero-order valence-corrected chi connectivity index (χ0v) is 27.0. The van der Waals surface area contributed by atoms with Crippen molar-refractivity contribution in [2.75, 3.05) is 4.90 Å². The van der Waals surface area contributed by atoms with E-state index >= 15 is 0 Å². The summed E-state index contributed by atoms with van der Waals surface area (Å²) in [5.74, 6) is 0. The van der Waals surface area contributed by atoms with Crippen LogP contribution in [0.2, 0.25) is 0 Å².